The Bertz CT molecular complexity index is 879. The third kappa shape index (κ3) is 23.1. The highest BCUT2D eigenvalue weighted by molar-refractivity contribution is 5.76. The maximum Gasteiger partial charge on any atom is 0.220 e. The van der Waals surface area contributed by atoms with E-state index in [4.69, 9.17) is 9.47 Å². The number of hydrogen-bond donors (Lipinski definition) is 6. The maximum atomic E-state index is 12.4. The zero-order chi connectivity index (χ0) is 36.7. The van der Waals surface area contributed by atoms with Gasteiger partial charge in [0.2, 0.25) is 5.91 Å². The standard InChI is InChI=1S/C41H75NO8/c1-3-5-7-8-9-10-11-12-13-14-15-16-17-18-19-20-21-22-23-24-25-26-27-28-29-30-35(44)34(42-37(45)31-6-4-2)33-49-41-40(48)39(47)38(46)36(32-43)50-41/h21-22,25-26,29-30,34-36,38-41,43-44,46-48H,3-20,23-24,27-28,31-33H2,1-2H3,(H,42,45)/b22-21+,26-25+,30-29+. The van der Waals surface area contributed by atoms with Crippen molar-refractivity contribution in [2.45, 2.75) is 204 Å². The van der Waals surface area contributed by atoms with E-state index in [1.807, 2.05) is 13.0 Å². The molecule has 0 bridgehead atoms. The first-order valence-electron chi connectivity index (χ1n) is 20.2. The molecule has 0 aromatic carbocycles. The molecule has 9 heteroatoms. The number of carbonyl (C=O) groups is 1. The molecule has 1 heterocycles. The van der Waals surface area contributed by atoms with Gasteiger partial charge in [0.1, 0.15) is 24.4 Å². The zero-order valence-electron chi connectivity index (χ0n) is 31.6. The Kier molecular flexibility index (Phi) is 29.8. The van der Waals surface area contributed by atoms with Crippen LogP contribution in [0.25, 0.3) is 0 Å². The predicted molar refractivity (Wildman–Crippen MR) is 203 cm³/mol. The Morgan fingerprint density at radius 2 is 1.14 bits per heavy atom. The van der Waals surface area contributed by atoms with Crippen molar-refractivity contribution in [3.8, 4) is 0 Å². The Labute approximate surface area is 304 Å². The highest BCUT2D eigenvalue weighted by Crippen LogP contribution is 2.22. The fraction of sp³-hybridized carbons (Fsp3) is 0.829. The quantitative estimate of drug-likeness (QED) is 0.0314. The molecule has 1 fully saturated rings. The molecule has 1 amide bonds. The lowest BCUT2D eigenvalue weighted by atomic mass is 9.99. The van der Waals surface area contributed by atoms with E-state index >= 15 is 0 Å². The monoisotopic (exact) mass is 710 g/mol. The van der Waals surface area contributed by atoms with Crippen molar-refractivity contribution in [3.05, 3.63) is 36.5 Å². The van der Waals surface area contributed by atoms with Crippen molar-refractivity contribution in [3.63, 3.8) is 0 Å². The van der Waals surface area contributed by atoms with Crippen molar-refractivity contribution < 1.29 is 39.8 Å². The summed E-state index contributed by atoms with van der Waals surface area (Å²) in [6.07, 6.45) is 31.9. The van der Waals surface area contributed by atoms with Gasteiger partial charge in [-0.2, -0.15) is 0 Å². The summed E-state index contributed by atoms with van der Waals surface area (Å²) in [7, 11) is 0. The number of aliphatic hydroxyl groups is 5. The first-order valence-corrected chi connectivity index (χ1v) is 20.2. The smallest absolute Gasteiger partial charge is 0.220 e. The molecule has 0 aromatic rings. The summed E-state index contributed by atoms with van der Waals surface area (Å²) in [4.78, 5) is 12.4. The normalized spacial score (nSPS) is 22.6. The van der Waals surface area contributed by atoms with Crippen molar-refractivity contribution in [1.29, 1.82) is 0 Å². The van der Waals surface area contributed by atoms with E-state index in [9.17, 15) is 30.3 Å². The van der Waals surface area contributed by atoms with Crippen molar-refractivity contribution >= 4 is 5.91 Å². The van der Waals surface area contributed by atoms with Gasteiger partial charge in [0.25, 0.3) is 0 Å². The molecule has 1 aliphatic heterocycles. The molecule has 1 aliphatic rings. The van der Waals surface area contributed by atoms with Crippen LogP contribution in [0.1, 0.15) is 162 Å². The van der Waals surface area contributed by atoms with Gasteiger partial charge in [0.15, 0.2) is 6.29 Å². The molecule has 0 aromatic heterocycles. The minimum absolute atomic E-state index is 0.209. The number of carbonyl (C=O) groups excluding carboxylic acids is 1. The zero-order valence-corrected chi connectivity index (χ0v) is 31.6. The first-order chi connectivity index (χ1) is 24.3. The van der Waals surface area contributed by atoms with E-state index in [0.29, 0.717) is 12.8 Å². The van der Waals surface area contributed by atoms with Crippen LogP contribution in [0.4, 0.5) is 0 Å². The Balaban J connectivity index is 2.18. The van der Waals surface area contributed by atoms with Gasteiger partial charge in [-0.1, -0.05) is 147 Å². The second kappa shape index (κ2) is 32.1. The predicted octanol–water partition coefficient (Wildman–Crippen LogP) is 7.33. The molecule has 1 saturated heterocycles. The van der Waals surface area contributed by atoms with Gasteiger partial charge in [0, 0.05) is 6.42 Å². The SMILES string of the molecule is CCCCCCCCCCCCCCCCC/C=C/CC/C=C/CC/C=C/C(O)C(COC1OC(CO)C(O)C(O)C1O)NC(=O)CCCC. The number of unbranched alkanes of at least 4 members (excludes halogenated alkanes) is 18. The summed E-state index contributed by atoms with van der Waals surface area (Å²) in [6, 6.07) is -0.820. The summed E-state index contributed by atoms with van der Waals surface area (Å²) in [5, 5.41) is 53.3. The maximum absolute atomic E-state index is 12.4. The summed E-state index contributed by atoms with van der Waals surface area (Å²) in [6.45, 7) is 3.48. The van der Waals surface area contributed by atoms with Gasteiger partial charge in [-0.3, -0.25) is 4.79 Å². The highest BCUT2D eigenvalue weighted by atomic mass is 16.7. The number of aliphatic hydroxyl groups excluding tert-OH is 5. The van der Waals surface area contributed by atoms with Gasteiger partial charge in [0.05, 0.1) is 25.4 Å². The second-order valence-electron chi connectivity index (χ2n) is 14.1. The number of hydrogen-bond acceptors (Lipinski definition) is 8. The lowest BCUT2D eigenvalue weighted by Gasteiger charge is -2.40. The summed E-state index contributed by atoms with van der Waals surface area (Å²) < 4.78 is 11.0. The minimum atomic E-state index is -1.57. The molecular weight excluding hydrogens is 634 g/mol. The molecule has 50 heavy (non-hydrogen) atoms. The van der Waals surface area contributed by atoms with E-state index in [1.165, 1.54) is 103 Å². The second-order valence-corrected chi connectivity index (χ2v) is 14.1. The average molecular weight is 710 g/mol. The lowest BCUT2D eigenvalue weighted by molar-refractivity contribution is -0.302. The third-order valence-electron chi connectivity index (χ3n) is 9.45. The molecule has 9 nitrogen and oxygen atoms in total. The van der Waals surface area contributed by atoms with E-state index in [0.717, 1.165) is 32.1 Å². The van der Waals surface area contributed by atoms with E-state index in [2.05, 4.69) is 36.5 Å². The number of ether oxygens (including phenoxy) is 2. The number of nitrogens with one attached hydrogen (secondary N) is 1. The van der Waals surface area contributed by atoms with Crippen LogP contribution in [0.5, 0.6) is 0 Å². The van der Waals surface area contributed by atoms with E-state index in [1.54, 1.807) is 6.08 Å². The highest BCUT2D eigenvalue weighted by Gasteiger charge is 2.44. The van der Waals surface area contributed by atoms with Crippen molar-refractivity contribution in [2.75, 3.05) is 13.2 Å². The van der Waals surface area contributed by atoms with Gasteiger partial charge >= 0.3 is 0 Å². The minimum Gasteiger partial charge on any atom is -0.394 e. The van der Waals surface area contributed by atoms with Crippen molar-refractivity contribution in [2.24, 2.45) is 0 Å². The largest absolute Gasteiger partial charge is 0.394 e. The fourth-order valence-electron chi connectivity index (χ4n) is 6.11. The molecule has 0 saturated carbocycles. The number of rotatable bonds is 32. The molecule has 292 valence electrons. The van der Waals surface area contributed by atoms with Crippen LogP contribution in [0.2, 0.25) is 0 Å². The van der Waals surface area contributed by atoms with Gasteiger partial charge in [-0.05, 0) is 44.9 Å². The molecule has 7 unspecified atom stereocenters. The summed E-state index contributed by atoms with van der Waals surface area (Å²) >= 11 is 0. The van der Waals surface area contributed by atoms with Gasteiger partial charge in [-0.25, -0.2) is 0 Å². The molecule has 0 spiro atoms. The average Bonchev–Trinajstić information content (AvgIpc) is 3.12. The van der Waals surface area contributed by atoms with Crippen LogP contribution < -0.4 is 5.32 Å². The van der Waals surface area contributed by atoms with Gasteiger partial charge < -0.3 is 40.3 Å². The Hall–Kier alpha value is -1.59. The first kappa shape index (κ1) is 46.4. The van der Waals surface area contributed by atoms with Crippen molar-refractivity contribution in [1.82, 2.24) is 5.32 Å². The van der Waals surface area contributed by atoms with Crippen LogP contribution in [-0.4, -0.2) is 87.5 Å². The third-order valence-corrected chi connectivity index (χ3v) is 9.45. The van der Waals surface area contributed by atoms with Crippen LogP contribution in [-0.2, 0) is 14.3 Å². The van der Waals surface area contributed by atoms with Crippen LogP contribution >= 0.6 is 0 Å². The molecule has 0 radical (unpaired) electrons. The number of amides is 1. The topological polar surface area (TPSA) is 149 Å². The molecule has 0 aliphatic carbocycles. The fourth-order valence-corrected chi connectivity index (χ4v) is 6.11. The molecular formula is C41H75NO8. The van der Waals surface area contributed by atoms with Crippen LogP contribution in [0, 0.1) is 0 Å². The molecule has 6 N–H and O–H groups in total. The summed E-state index contributed by atoms with van der Waals surface area (Å²) in [5.74, 6) is -0.228. The van der Waals surface area contributed by atoms with Crippen LogP contribution in [0.3, 0.4) is 0 Å². The Morgan fingerprint density at radius 3 is 1.66 bits per heavy atom. The molecule has 7 atom stereocenters. The number of allylic oxidation sites excluding steroid dienone is 5. The lowest BCUT2D eigenvalue weighted by Crippen LogP contribution is -2.60. The van der Waals surface area contributed by atoms with Crippen LogP contribution in [0.15, 0.2) is 36.5 Å². The van der Waals surface area contributed by atoms with E-state index in [-0.39, 0.29) is 12.5 Å². The Morgan fingerprint density at radius 1 is 0.660 bits per heavy atom. The molecule has 1 rings (SSSR count). The van der Waals surface area contributed by atoms with E-state index < -0.39 is 49.5 Å². The summed E-state index contributed by atoms with van der Waals surface area (Å²) in [5.41, 5.74) is 0. The van der Waals surface area contributed by atoms with Gasteiger partial charge in [-0.15, -0.1) is 0 Å².